The van der Waals surface area contributed by atoms with Crippen molar-refractivity contribution in [3.8, 4) is 0 Å². The number of sulfonamides is 1. The molecule has 0 radical (unpaired) electrons. The van der Waals surface area contributed by atoms with Crippen LogP contribution in [-0.4, -0.2) is 32.4 Å². The first-order chi connectivity index (χ1) is 16.1. The van der Waals surface area contributed by atoms with Gasteiger partial charge in [0.05, 0.1) is 16.3 Å². The highest BCUT2D eigenvalue weighted by Crippen LogP contribution is 2.32. The number of hydrogen-bond acceptors (Lipinski definition) is 3. The van der Waals surface area contributed by atoms with E-state index in [-0.39, 0.29) is 17.5 Å². The van der Waals surface area contributed by atoms with Gasteiger partial charge in [-0.25, -0.2) is 22.0 Å². The van der Waals surface area contributed by atoms with Crippen LogP contribution in [0, 0.1) is 25.5 Å². The van der Waals surface area contributed by atoms with Crippen LogP contribution in [0.3, 0.4) is 0 Å². The number of halogens is 2. The van der Waals surface area contributed by atoms with Gasteiger partial charge in [0.25, 0.3) is 10.0 Å². The molecule has 0 atom stereocenters. The van der Waals surface area contributed by atoms with E-state index in [0.717, 1.165) is 23.3 Å². The average molecular weight is 486 g/mol. The Morgan fingerprint density at radius 2 is 1.59 bits per heavy atom. The summed E-state index contributed by atoms with van der Waals surface area (Å²) in [6, 6.07) is 14.9. The van der Waals surface area contributed by atoms with Crippen LogP contribution < -0.4 is 9.62 Å². The first-order valence-electron chi connectivity index (χ1n) is 10.8. The van der Waals surface area contributed by atoms with Gasteiger partial charge in [-0.3, -0.25) is 9.62 Å². The molecular formula is C25H25F2N3O3S. The van der Waals surface area contributed by atoms with E-state index in [4.69, 9.17) is 0 Å². The zero-order chi connectivity index (χ0) is 24.5. The molecule has 1 aliphatic rings. The van der Waals surface area contributed by atoms with Gasteiger partial charge in [-0.2, -0.15) is 0 Å². The minimum atomic E-state index is -3.88. The van der Waals surface area contributed by atoms with Crippen molar-refractivity contribution in [3.05, 3.63) is 89.0 Å². The van der Waals surface area contributed by atoms with Gasteiger partial charge in [0.15, 0.2) is 11.6 Å². The number of benzene rings is 3. The molecule has 178 valence electrons. The molecule has 0 spiro atoms. The van der Waals surface area contributed by atoms with E-state index in [1.165, 1.54) is 28.0 Å². The van der Waals surface area contributed by atoms with Crippen molar-refractivity contribution in [3.63, 3.8) is 0 Å². The van der Waals surface area contributed by atoms with Crippen LogP contribution in [0.25, 0.3) is 0 Å². The van der Waals surface area contributed by atoms with E-state index < -0.39 is 21.7 Å². The van der Waals surface area contributed by atoms with Gasteiger partial charge in [-0.05, 0) is 67.8 Å². The van der Waals surface area contributed by atoms with Crippen LogP contribution in [0.15, 0.2) is 65.6 Å². The topological polar surface area (TPSA) is 69.7 Å². The number of urea groups is 1. The largest absolute Gasteiger partial charge is 0.324 e. The molecule has 3 aromatic rings. The third kappa shape index (κ3) is 5.04. The number of nitrogens with one attached hydrogen (secondary N) is 1. The highest BCUT2D eigenvalue weighted by atomic mass is 32.2. The zero-order valence-electron chi connectivity index (χ0n) is 18.9. The summed E-state index contributed by atoms with van der Waals surface area (Å²) >= 11 is 0. The smallest absolute Gasteiger partial charge is 0.320 e. The molecule has 1 aliphatic heterocycles. The Morgan fingerprint density at radius 1 is 0.882 bits per heavy atom. The van der Waals surface area contributed by atoms with Crippen molar-refractivity contribution >= 4 is 27.4 Å². The fourth-order valence-corrected chi connectivity index (χ4v) is 4.96. The molecule has 34 heavy (non-hydrogen) atoms. The SMILES string of the molecule is Cc1ccc(S(=O)(=O)Nc2cc(C)ccc2N2CCCN(Cc3ccc(F)c(F)c3)C2=O)cc1. The van der Waals surface area contributed by atoms with Gasteiger partial charge in [0, 0.05) is 19.6 Å². The Bertz CT molecular complexity index is 1330. The highest BCUT2D eigenvalue weighted by Gasteiger charge is 2.29. The first kappa shape index (κ1) is 23.7. The molecule has 9 heteroatoms. The van der Waals surface area contributed by atoms with Gasteiger partial charge in [-0.15, -0.1) is 0 Å². The van der Waals surface area contributed by atoms with Crippen molar-refractivity contribution in [2.24, 2.45) is 0 Å². The predicted octanol–water partition coefficient (Wildman–Crippen LogP) is 5.21. The van der Waals surface area contributed by atoms with E-state index in [1.54, 1.807) is 30.3 Å². The maximum absolute atomic E-state index is 13.6. The lowest BCUT2D eigenvalue weighted by Gasteiger charge is -2.36. The van der Waals surface area contributed by atoms with Crippen molar-refractivity contribution in [2.45, 2.75) is 31.7 Å². The molecule has 4 rings (SSSR count). The number of aryl methyl sites for hydroxylation is 2. The van der Waals surface area contributed by atoms with Crippen LogP contribution in [0.2, 0.25) is 0 Å². The lowest BCUT2D eigenvalue weighted by Crippen LogP contribution is -2.49. The Kier molecular flexibility index (Phi) is 6.56. The molecule has 6 nitrogen and oxygen atoms in total. The Morgan fingerprint density at radius 3 is 2.29 bits per heavy atom. The Balaban J connectivity index is 1.61. The number of anilines is 2. The van der Waals surface area contributed by atoms with Crippen LogP contribution in [0.4, 0.5) is 25.0 Å². The molecular weight excluding hydrogens is 460 g/mol. The summed E-state index contributed by atoms with van der Waals surface area (Å²) in [5.74, 6) is -1.91. The van der Waals surface area contributed by atoms with Crippen LogP contribution in [0.5, 0.6) is 0 Å². The second-order valence-corrected chi connectivity index (χ2v) is 10.1. The highest BCUT2D eigenvalue weighted by molar-refractivity contribution is 7.92. The molecule has 0 unspecified atom stereocenters. The molecule has 0 aromatic heterocycles. The van der Waals surface area contributed by atoms with Crippen molar-refractivity contribution in [1.29, 1.82) is 0 Å². The van der Waals surface area contributed by atoms with Crippen molar-refractivity contribution in [2.75, 3.05) is 22.7 Å². The van der Waals surface area contributed by atoms with Gasteiger partial charge in [0.2, 0.25) is 0 Å². The van der Waals surface area contributed by atoms with Gasteiger partial charge >= 0.3 is 6.03 Å². The second-order valence-electron chi connectivity index (χ2n) is 8.40. The second kappa shape index (κ2) is 9.42. The molecule has 0 aliphatic carbocycles. The minimum absolute atomic E-state index is 0.114. The molecule has 1 N–H and O–H groups in total. The number of amides is 2. The molecule has 1 saturated heterocycles. The summed E-state index contributed by atoms with van der Waals surface area (Å²) in [6.07, 6.45) is 0.632. The van der Waals surface area contributed by atoms with Crippen LogP contribution >= 0.6 is 0 Å². The summed E-state index contributed by atoms with van der Waals surface area (Å²) in [5.41, 5.74) is 2.96. The Labute approximate surface area is 197 Å². The average Bonchev–Trinajstić information content (AvgIpc) is 2.78. The summed E-state index contributed by atoms with van der Waals surface area (Å²) in [5, 5.41) is 0. The van der Waals surface area contributed by atoms with Gasteiger partial charge in [-0.1, -0.05) is 29.8 Å². The molecule has 1 fully saturated rings. The third-order valence-electron chi connectivity index (χ3n) is 5.69. The fourth-order valence-electron chi connectivity index (χ4n) is 3.90. The monoisotopic (exact) mass is 485 g/mol. The number of carbonyl (C=O) groups excluding carboxylic acids is 1. The molecule has 0 saturated carbocycles. The fraction of sp³-hybridized carbons (Fsp3) is 0.240. The number of rotatable bonds is 6. The van der Waals surface area contributed by atoms with Crippen LogP contribution in [-0.2, 0) is 16.6 Å². The van der Waals surface area contributed by atoms with E-state index >= 15 is 0 Å². The van der Waals surface area contributed by atoms with E-state index in [1.807, 2.05) is 13.8 Å². The van der Waals surface area contributed by atoms with E-state index in [0.29, 0.717) is 36.4 Å². The standard InChI is InChI=1S/C25H25F2N3O3S/c1-17-4-8-20(9-5-17)34(32,33)28-23-14-18(2)6-11-24(23)30-13-3-12-29(25(30)31)16-19-7-10-21(26)22(27)15-19/h4-11,14-15,28H,3,12-13,16H2,1-2H3. The maximum atomic E-state index is 13.6. The zero-order valence-corrected chi connectivity index (χ0v) is 19.7. The summed E-state index contributed by atoms with van der Waals surface area (Å²) in [7, 11) is -3.88. The molecule has 3 aromatic carbocycles. The minimum Gasteiger partial charge on any atom is -0.320 e. The predicted molar refractivity (Wildman–Crippen MR) is 127 cm³/mol. The molecule has 2 amide bonds. The van der Waals surface area contributed by atoms with E-state index in [2.05, 4.69) is 4.72 Å². The number of carbonyl (C=O) groups is 1. The first-order valence-corrected chi connectivity index (χ1v) is 12.3. The van der Waals surface area contributed by atoms with Crippen molar-refractivity contribution < 1.29 is 22.0 Å². The number of nitrogens with zero attached hydrogens (tertiary/aromatic N) is 2. The van der Waals surface area contributed by atoms with Gasteiger partial charge in [0.1, 0.15) is 0 Å². The summed E-state index contributed by atoms with van der Waals surface area (Å²) < 4.78 is 55.6. The molecule has 0 bridgehead atoms. The lowest BCUT2D eigenvalue weighted by atomic mass is 10.1. The van der Waals surface area contributed by atoms with E-state index in [9.17, 15) is 22.0 Å². The van der Waals surface area contributed by atoms with Crippen molar-refractivity contribution in [1.82, 2.24) is 4.90 Å². The summed E-state index contributed by atoms with van der Waals surface area (Å²) in [6.45, 7) is 4.67. The van der Waals surface area contributed by atoms with Gasteiger partial charge < -0.3 is 4.90 Å². The number of hydrogen-bond donors (Lipinski definition) is 1. The van der Waals surface area contributed by atoms with Crippen LogP contribution in [0.1, 0.15) is 23.1 Å². The normalized spacial score (nSPS) is 14.4. The quantitative estimate of drug-likeness (QED) is 0.521. The Hall–Kier alpha value is -3.46. The maximum Gasteiger partial charge on any atom is 0.324 e. The summed E-state index contributed by atoms with van der Waals surface area (Å²) in [4.78, 5) is 16.5. The third-order valence-corrected chi connectivity index (χ3v) is 7.07. The molecule has 1 heterocycles. The lowest BCUT2D eigenvalue weighted by molar-refractivity contribution is 0.192.